The van der Waals surface area contributed by atoms with Crippen molar-refractivity contribution in [3.8, 4) is 11.1 Å². The Kier molecular flexibility index (Phi) is 4.53. The van der Waals surface area contributed by atoms with Crippen LogP contribution in [-0.2, 0) is 0 Å². The molecule has 6 heteroatoms. The summed E-state index contributed by atoms with van der Waals surface area (Å²) in [6, 6.07) is 6.45. The third-order valence-corrected chi connectivity index (χ3v) is 5.07. The predicted molar refractivity (Wildman–Crippen MR) is 97.6 cm³/mol. The van der Waals surface area contributed by atoms with Crippen molar-refractivity contribution >= 4 is 39.0 Å². The van der Waals surface area contributed by atoms with E-state index < -0.39 is 0 Å². The Bertz CT molecular complexity index is 876. The van der Waals surface area contributed by atoms with Crippen molar-refractivity contribution in [1.29, 1.82) is 0 Å². The van der Waals surface area contributed by atoms with Gasteiger partial charge in [-0.3, -0.25) is 0 Å². The van der Waals surface area contributed by atoms with Gasteiger partial charge in [-0.2, -0.15) is 0 Å². The molecule has 0 aliphatic carbocycles. The molecule has 2 heterocycles. The monoisotopic (exact) mass is 347 g/mol. The minimum absolute atomic E-state index is 0.0329. The molecule has 0 bridgehead atoms. The summed E-state index contributed by atoms with van der Waals surface area (Å²) in [5.41, 5.74) is 4.80. The van der Waals surface area contributed by atoms with Crippen LogP contribution < -0.4 is 5.32 Å². The van der Waals surface area contributed by atoms with Crippen LogP contribution in [0.25, 0.3) is 21.3 Å². The summed E-state index contributed by atoms with van der Waals surface area (Å²) >= 11 is 7.65. The summed E-state index contributed by atoms with van der Waals surface area (Å²) in [5.74, 6) is 0.673. The van der Waals surface area contributed by atoms with E-state index in [-0.39, 0.29) is 11.9 Å². The highest BCUT2D eigenvalue weighted by Crippen LogP contribution is 2.41. The van der Waals surface area contributed by atoms with Gasteiger partial charge in [0.2, 0.25) is 5.28 Å². The first-order valence-corrected chi connectivity index (χ1v) is 8.59. The number of hydrogen-bond donors (Lipinski definition) is 2. The summed E-state index contributed by atoms with van der Waals surface area (Å²) in [6.07, 6.45) is 0. The summed E-state index contributed by atoms with van der Waals surface area (Å²) < 4.78 is 0. The summed E-state index contributed by atoms with van der Waals surface area (Å²) in [6.45, 7) is 6.76. The second kappa shape index (κ2) is 6.43. The number of benzene rings is 1. The standard InChI is InChI=1S/C17H18ClN3OS/c1-9-4-5-12(8-10(9)2)13-11(3)23-16-14(13)15(19-6-7-22)20-17(18)21-16/h4-5,8,22H,6-7H2,1-3H3,(H,19,20,21). The molecule has 2 aromatic heterocycles. The highest BCUT2D eigenvalue weighted by Gasteiger charge is 2.18. The number of hydrogen-bond acceptors (Lipinski definition) is 5. The van der Waals surface area contributed by atoms with Crippen LogP contribution in [0.3, 0.4) is 0 Å². The minimum Gasteiger partial charge on any atom is -0.395 e. The molecule has 0 fully saturated rings. The van der Waals surface area contributed by atoms with Crippen LogP contribution in [0.1, 0.15) is 16.0 Å². The van der Waals surface area contributed by atoms with Gasteiger partial charge in [-0.25, -0.2) is 9.97 Å². The maximum Gasteiger partial charge on any atom is 0.225 e. The lowest BCUT2D eigenvalue weighted by molar-refractivity contribution is 0.311. The van der Waals surface area contributed by atoms with E-state index in [1.807, 2.05) is 0 Å². The zero-order valence-electron chi connectivity index (χ0n) is 13.3. The normalized spacial score (nSPS) is 11.2. The maximum atomic E-state index is 9.09. The highest BCUT2D eigenvalue weighted by molar-refractivity contribution is 7.19. The van der Waals surface area contributed by atoms with Crippen molar-refractivity contribution < 1.29 is 5.11 Å². The first kappa shape index (κ1) is 16.2. The second-order valence-electron chi connectivity index (χ2n) is 5.50. The summed E-state index contributed by atoms with van der Waals surface area (Å²) in [7, 11) is 0. The number of nitrogens with zero attached hydrogens (tertiary/aromatic N) is 2. The van der Waals surface area contributed by atoms with Crippen molar-refractivity contribution in [3.63, 3.8) is 0 Å². The molecule has 23 heavy (non-hydrogen) atoms. The van der Waals surface area contributed by atoms with E-state index in [1.54, 1.807) is 11.3 Å². The lowest BCUT2D eigenvalue weighted by Crippen LogP contribution is -2.08. The smallest absolute Gasteiger partial charge is 0.225 e. The molecule has 3 aromatic rings. The number of halogens is 1. The quantitative estimate of drug-likeness (QED) is 0.689. The molecular formula is C17H18ClN3OS. The van der Waals surface area contributed by atoms with Gasteiger partial charge in [0.1, 0.15) is 10.6 Å². The Morgan fingerprint density at radius 3 is 2.65 bits per heavy atom. The number of aliphatic hydroxyl groups is 1. The first-order valence-electron chi connectivity index (χ1n) is 7.40. The van der Waals surface area contributed by atoms with E-state index in [0.717, 1.165) is 21.3 Å². The van der Waals surface area contributed by atoms with E-state index in [4.69, 9.17) is 16.7 Å². The molecule has 0 radical (unpaired) electrons. The molecule has 0 unspecified atom stereocenters. The molecule has 2 N–H and O–H groups in total. The van der Waals surface area contributed by atoms with E-state index in [9.17, 15) is 0 Å². The first-order chi connectivity index (χ1) is 11.0. The van der Waals surface area contributed by atoms with Crippen LogP contribution in [0.4, 0.5) is 5.82 Å². The molecule has 0 spiro atoms. The summed E-state index contributed by atoms with van der Waals surface area (Å²) in [4.78, 5) is 10.7. The minimum atomic E-state index is 0.0329. The van der Waals surface area contributed by atoms with Crippen molar-refractivity contribution in [3.05, 3.63) is 39.5 Å². The molecule has 0 saturated carbocycles. The molecule has 0 amide bonds. The Morgan fingerprint density at radius 2 is 1.96 bits per heavy atom. The van der Waals surface area contributed by atoms with E-state index in [2.05, 4.69) is 54.3 Å². The van der Waals surface area contributed by atoms with Crippen LogP contribution in [0, 0.1) is 20.8 Å². The van der Waals surface area contributed by atoms with Crippen LogP contribution >= 0.6 is 22.9 Å². The van der Waals surface area contributed by atoms with Crippen molar-refractivity contribution in [2.45, 2.75) is 20.8 Å². The topological polar surface area (TPSA) is 58.0 Å². The molecule has 0 saturated heterocycles. The molecular weight excluding hydrogens is 330 g/mol. The fourth-order valence-electron chi connectivity index (χ4n) is 2.63. The zero-order valence-corrected chi connectivity index (χ0v) is 14.8. The molecule has 0 aliphatic heterocycles. The Hall–Kier alpha value is -1.69. The van der Waals surface area contributed by atoms with Crippen LogP contribution in [0.15, 0.2) is 18.2 Å². The number of aliphatic hydroxyl groups excluding tert-OH is 1. The number of aromatic nitrogens is 2. The van der Waals surface area contributed by atoms with Gasteiger partial charge >= 0.3 is 0 Å². The third-order valence-electron chi connectivity index (χ3n) is 3.90. The van der Waals surface area contributed by atoms with Gasteiger partial charge in [-0.05, 0) is 49.1 Å². The van der Waals surface area contributed by atoms with E-state index in [0.29, 0.717) is 12.4 Å². The number of rotatable bonds is 4. The lowest BCUT2D eigenvalue weighted by atomic mass is 9.99. The SMILES string of the molecule is Cc1ccc(-c2c(C)sc3nc(Cl)nc(NCCO)c23)cc1C. The molecule has 120 valence electrons. The van der Waals surface area contributed by atoms with E-state index >= 15 is 0 Å². The number of thiophene rings is 1. The van der Waals surface area contributed by atoms with Gasteiger partial charge in [0.25, 0.3) is 0 Å². The number of anilines is 1. The fourth-order valence-corrected chi connectivity index (χ4v) is 3.90. The number of aryl methyl sites for hydroxylation is 3. The van der Waals surface area contributed by atoms with Gasteiger partial charge in [-0.1, -0.05) is 18.2 Å². The fraction of sp³-hybridized carbons (Fsp3) is 0.294. The van der Waals surface area contributed by atoms with E-state index in [1.165, 1.54) is 16.0 Å². The third kappa shape index (κ3) is 3.04. The van der Waals surface area contributed by atoms with Gasteiger partial charge < -0.3 is 10.4 Å². The van der Waals surface area contributed by atoms with Crippen molar-refractivity contribution in [2.75, 3.05) is 18.5 Å². The Labute approximate surface area is 144 Å². The van der Waals surface area contributed by atoms with Gasteiger partial charge in [0.05, 0.1) is 12.0 Å². The molecule has 4 nitrogen and oxygen atoms in total. The highest BCUT2D eigenvalue weighted by atomic mass is 35.5. The van der Waals surface area contributed by atoms with Crippen LogP contribution in [0.2, 0.25) is 5.28 Å². The van der Waals surface area contributed by atoms with Crippen molar-refractivity contribution in [1.82, 2.24) is 9.97 Å². The average Bonchev–Trinajstić information content (AvgIpc) is 2.83. The summed E-state index contributed by atoms with van der Waals surface area (Å²) in [5, 5.41) is 13.4. The second-order valence-corrected chi connectivity index (χ2v) is 7.05. The van der Waals surface area contributed by atoms with Gasteiger partial charge in [0, 0.05) is 17.0 Å². The average molecular weight is 348 g/mol. The molecule has 3 rings (SSSR count). The number of fused-ring (bicyclic) bond motifs is 1. The van der Waals surface area contributed by atoms with Crippen molar-refractivity contribution in [2.24, 2.45) is 0 Å². The van der Waals surface area contributed by atoms with Gasteiger partial charge in [0.15, 0.2) is 0 Å². The molecule has 0 aliphatic rings. The lowest BCUT2D eigenvalue weighted by Gasteiger charge is -2.10. The Balaban J connectivity index is 2.26. The Morgan fingerprint density at radius 1 is 1.17 bits per heavy atom. The molecule has 1 aromatic carbocycles. The van der Waals surface area contributed by atoms with Crippen LogP contribution in [-0.4, -0.2) is 28.2 Å². The van der Waals surface area contributed by atoms with Crippen LogP contribution in [0.5, 0.6) is 0 Å². The number of nitrogens with one attached hydrogen (secondary N) is 1. The zero-order chi connectivity index (χ0) is 16.6. The largest absolute Gasteiger partial charge is 0.395 e. The maximum absolute atomic E-state index is 9.09. The predicted octanol–water partition coefficient (Wildman–Crippen LogP) is 4.34. The van der Waals surface area contributed by atoms with Gasteiger partial charge in [-0.15, -0.1) is 11.3 Å². The molecule has 0 atom stereocenters.